The Balaban J connectivity index is 2.30. The predicted molar refractivity (Wildman–Crippen MR) is 62.5 cm³/mol. The normalized spacial score (nSPS) is 10.5. The highest BCUT2D eigenvalue weighted by atomic mass is 32.2. The Kier molecular flexibility index (Phi) is 5.30. The van der Waals surface area contributed by atoms with Crippen molar-refractivity contribution in [2.24, 2.45) is 0 Å². The fraction of sp³-hybridized carbons (Fsp3) is 0.545. The smallest absolute Gasteiger partial charge is 0.118 e. The molecule has 1 heterocycles. The van der Waals surface area contributed by atoms with Gasteiger partial charge in [0.05, 0.1) is 18.4 Å². The monoisotopic (exact) mass is 224 g/mol. The first-order chi connectivity index (χ1) is 7.22. The van der Waals surface area contributed by atoms with E-state index in [4.69, 9.17) is 9.68 Å². The minimum absolute atomic E-state index is 0.607. The summed E-state index contributed by atoms with van der Waals surface area (Å²) in [5.74, 6) is 3.72. The largest absolute Gasteiger partial charge is 0.464 e. The molecule has 0 N–H and O–H groups in total. The molecule has 0 saturated heterocycles. The molecule has 0 aromatic carbocycles. The fourth-order valence-corrected chi connectivity index (χ4v) is 1.92. The number of nitriles is 1. The van der Waals surface area contributed by atoms with Crippen LogP contribution < -0.4 is 0 Å². The third kappa shape index (κ3) is 4.91. The zero-order valence-corrected chi connectivity index (χ0v) is 10.0. The second-order valence-electron chi connectivity index (χ2n) is 3.57. The fourth-order valence-electron chi connectivity index (χ4n) is 1.19. The zero-order valence-electron chi connectivity index (χ0n) is 9.19. The van der Waals surface area contributed by atoms with Gasteiger partial charge in [0.15, 0.2) is 0 Å². The van der Waals surface area contributed by atoms with Crippen LogP contribution in [0.3, 0.4) is 0 Å². The summed E-state index contributed by atoms with van der Waals surface area (Å²) in [5.41, 5.74) is 0. The van der Waals surface area contributed by atoms with Crippen molar-refractivity contribution in [3.63, 3.8) is 0 Å². The molecule has 1 rings (SSSR count). The van der Waals surface area contributed by atoms with E-state index in [0.29, 0.717) is 6.42 Å². The molecule has 0 atom stereocenters. The third-order valence-corrected chi connectivity index (χ3v) is 2.77. The van der Waals surface area contributed by atoms with E-state index in [1.807, 2.05) is 26.2 Å². The first-order valence-corrected chi connectivity index (χ1v) is 6.05. The molecule has 4 heteroatoms. The molecule has 1 aromatic rings. The lowest BCUT2D eigenvalue weighted by atomic mass is 10.4. The summed E-state index contributed by atoms with van der Waals surface area (Å²) in [4.78, 5) is 2.07. The van der Waals surface area contributed by atoms with Crippen molar-refractivity contribution in [2.45, 2.75) is 18.7 Å². The van der Waals surface area contributed by atoms with Crippen molar-refractivity contribution in [2.75, 3.05) is 19.8 Å². The maximum atomic E-state index is 8.37. The van der Waals surface area contributed by atoms with Gasteiger partial charge in [0.1, 0.15) is 11.5 Å². The Morgan fingerprint density at radius 1 is 1.40 bits per heavy atom. The molecule has 0 aliphatic rings. The van der Waals surface area contributed by atoms with Crippen molar-refractivity contribution < 1.29 is 4.42 Å². The maximum absolute atomic E-state index is 8.37. The molecular weight excluding hydrogens is 208 g/mol. The van der Waals surface area contributed by atoms with Crippen LogP contribution in [0, 0.1) is 11.3 Å². The van der Waals surface area contributed by atoms with E-state index < -0.39 is 0 Å². The van der Waals surface area contributed by atoms with Gasteiger partial charge in [-0.3, -0.25) is 0 Å². The Morgan fingerprint density at radius 2 is 2.13 bits per heavy atom. The van der Waals surface area contributed by atoms with Gasteiger partial charge in [-0.1, -0.05) is 0 Å². The molecule has 0 radical (unpaired) electrons. The highest BCUT2D eigenvalue weighted by Crippen LogP contribution is 2.16. The molecule has 82 valence electrons. The van der Waals surface area contributed by atoms with Crippen LogP contribution in [0.15, 0.2) is 16.5 Å². The van der Waals surface area contributed by atoms with Gasteiger partial charge in [0.2, 0.25) is 0 Å². The number of nitrogens with zero attached hydrogens (tertiary/aromatic N) is 2. The number of thioether (sulfide) groups is 1. The molecular formula is C11H16N2OS. The zero-order chi connectivity index (χ0) is 11.1. The molecule has 0 amide bonds. The summed E-state index contributed by atoms with van der Waals surface area (Å²) in [6.07, 6.45) is 0.607. The van der Waals surface area contributed by atoms with Crippen LogP contribution in [0.25, 0.3) is 0 Å². The van der Waals surface area contributed by atoms with Gasteiger partial charge >= 0.3 is 0 Å². The van der Waals surface area contributed by atoms with E-state index in [0.717, 1.165) is 29.6 Å². The Hall–Kier alpha value is -0.920. The van der Waals surface area contributed by atoms with Crippen molar-refractivity contribution >= 4 is 11.8 Å². The van der Waals surface area contributed by atoms with Crippen LogP contribution in [0.2, 0.25) is 0 Å². The Bertz CT molecular complexity index is 328. The summed E-state index contributed by atoms with van der Waals surface area (Å²) >= 11 is 1.73. The van der Waals surface area contributed by atoms with E-state index in [2.05, 4.69) is 11.0 Å². The topological polar surface area (TPSA) is 40.2 Å². The van der Waals surface area contributed by atoms with E-state index in [1.54, 1.807) is 11.8 Å². The molecule has 0 bridgehead atoms. The standard InChI is InChI=1S/C11H16N2OS/c1-13(2)8-10-4-5-11(14-10)9-15-7-3-6-12/h4-5H,3,7-9H2,1-2H3. The van der Waals surface area contributed by atoms with Gasteiger partial charge in [-0.2, -0.15) is 17.0 Å². The summed E-state index contributed by atoms with van der Waals surface area (Å²) in [6.45, 7) is 0.836. The number of furan rings is 1. The van der Waals surface area contributed by atoms with Crippen LogP contribution in [-0.4, -0.2) is 24.7 Å². The van der Waals surface area contributed by atoms with Crippen LogP contribution in [0.4, 0.5) is 0 Å². The summed E-state index contributed by atoms with van der Waals surface area (Å²) in [6, 6.07) is 6.15. The molecule has 1 aromatic heterocycles. The number of hydrogen-bond acceptors (Lipinski definition) is 4. The van der Waals surface area contributed by atoms with Gasteiger partial charge in [-0.25, -0.2) is 0 Å². The molecule has 0 saturated carbocycles. The van der Waals surface area contributed by atoms with Crippen LogP contribution >= 0.6 is 11.8 Å². The highest BCUT2D eigenvalue weighted by Gasteiger charge is 2.02. The molecule has 0 aliphatic heterocycles. The molecule has 0 unspecified atom stereocenters. The van der Waals surface area contributed by atoms with Gasteiger partial charge in [0, 0.05) is 12.2 Å². The van der Waals surface area contributed by atoms with E-state index in [-0.39, 0.29) is 0 Å². The van der Waals surface area contributed by atoms with Crippen molar-refractivity contribution in [1.82, 2.24) is 4.90 Å². The number of rotatable bonds is 6. The lowest BCUT2D eigenvalue weighted by molar-refractivity contribution is 0.344. The number of hydrogen-bond donors (Lipinski definition) is 0. The second kappa shape index (κ2) is 6.54. The summed E-state index contributed by atoms with van der Waals surface area (Å²) < 4.78 is 5.63. The Labute approximate surface area is 95.1 Å². The first-order valence-electron chi connectivity index (χ1n) is 4.89. The van der Waals surface area contributed by atoms with Crippen LogP contribution in [0.5, 0.6) is 0 Å². The first kappa shape index (κ1) is 12.2. The van der Waals surface area contributed by atoms with Crippen molar-refractivity contribution in [3.8, 4) is 6.07 Å². The van der Waals surface area contributed by atoms with E-state index in [1.165, 1.54) is 0 Å². The highest BCUT2D eigenvalue weighted by molar-refractivity contribution is 7.98. The molecule has 15 heavy (non-hydrogen) atoms. The van der Waals surface area contributed by atoms with Gasteiger partial charge in [-0.15, -0.1) is 0 Å². The van der Waals surface area contributed by atoms with Crippen molar-refractivity contribution in [1.29, 1.82) is 5.26 Å². The average Bonchev–Trinajstić information content (AvgIpc) is 2.59. The maximum Gasteiger partial charge on any atom is 0.118 e. The lowest BCUT2D eigenvalue weighted by Gasteiger charge is -2.05. The van der Waals surface area contributed by atoms with Crippen LogP contribution in [0.1, 0.15) is 17.9 Å². The molecule has 3 nitrogen and oxygen atoms in total. The lowest BCUT2D eigenvalue weighted by Crippen LogP contribution is -2.09. The molecule has 0 fully saturated rings. The van der Waals surface area contributed by atoms with Gasteiger partial charge < -0.3 is 9.32 Å². The minimum atomic E-state index is 0.607. The van der Waals surface area contributed by atoms with Crippen molar-refractivity contribution in [3.05, 3.63) is 23.7 Å². The quantitative estimate of drug-likeness (QED) is 0.696. The SMILES string of the molecule is CN(C)Cc1ccc(CSCCC#N)o1. The second-order valence-corrected chi connectivity index (χ2v) is 4.67. The molecule has 0 spiro atoms. The van der Waals surface area contributed by atoms with E-state index in [9.17, 15) is 0 Å². The summed E-state index contributed by atoms with van der Waals surface area (Å²) in [7, 11) is 4.04. The Morgan fingerprint density at radius 3 is 2.80 bits per heavy atom. The minimum Gasteiger partial charge on any atom is -0.464 e. The third-order valence-electron chi connectivity index (χ3n) is 1.79. The van der Waals surface area contributed by atoms with Gasteiger partial charge in [0.25, 0.3) is 0 Å². The van der Waals surface area contributed by atoms with Crippen LogP contribution in [-0.2, 0) is 12.3 Å². The van der Waals surface area contributed by atoms with E-state index >= 15 is 0 Å². The van der Waals surface area contributed by atoms with Gasteiger partial charge in [-0.05, 0) is 26.2 Å². The predicted octanol–water partition coefficient (Wildman–Crippen LogP) is 2.49. The molecule has 0 aliphatic carbocycles. The summed E-state index contributed by atoms with van der Waals surface area (Å²) in [5, 5.41) is 8.37. The average molecular weight is 224 g/mol.